The molecule has 1 aromatic heterocycles. The second-order valence-electron chi connectivity index (χ2n) is 7.50. The molecule has 0 spiro atoms. The maximum absolute atomic E-state index is 12.5. The molecule has 1 saturated carbocycles. The van der Waals surface area contributed by atoms with Crippen LogP contribution < -0.4 is 5.32 Å². The van der Waals surface area contributed by atoms with Crippen molar-refractivity contribution in [1.29, 1.82) is 0 Å². The molecule has 0 atom stereocenters. The first-order valence-corrected chi connectivity index (χ1v) is 9.34. The molecule has 138 valence electrons. The molecule has 25 heavy (non-hydrogen) atoms. The van der Waals surface area contributed by atoms with Crippen molar-refractivity contribution >= 4 is 11.8 Å². The number of hydrogen-bond donors (Lipinski definition) is 2. The van der Waals surface area contributed by atoms with Crippen LogP contribution in [0.25, 0.3) is 0 Å². The summed E-state index contributed by atoms with van der Waals surface area (Å²) >= 11 is 0. The van der Waals surface area contributed by atoms with Crippen LogP contribution in [0, 0.1) is 12.8 Å². The number of aromatic amines is 1. The third-order valence-electron chi connectivity index (χ3n) is 5.47. The molecule has 2 heterocycles. The average Bonchev–Trinajstić information content (AvgIpc) is 3.03. The Bertz CT molecular complexity index is 598. The van der Waals surface area contributed by atoms with Gasteiger partial charge >= 0.3 is 0 Å². The second-order valence-corrected chi connectivity index (χ2v) is 7.50. The highest BCUT2D eigenvalue weighted by atomic mass is 16.2. The number of H-pyrrole nitrogens is 1. The van der Waals surface area contributed by atoms with Gasteiger partial charge in [0.1, 0.15) is 0 Å². The quantitative estimate of drug-likeness (QED) is 0.857. The smallest absolute Gasteiger partial charge is 0.257 e. The van der Waals surface area contributed by atoms with Gasteiger partial charge in [-0.1, -0.05) is 6.92 Å². The highest BCUT2D eigenvalue weighted by Crippen LogP contribution is 2.23. The number of rotatable bonds is 4. The first kappa shape index (κ1) is 17.9. The van der Waals surface area contributed by atoms with Crippen molar-refractivity contribution in [3.63, 3.8) is 0 Å². The van der Waals surface area contributed by atoms with Gasteiger partial charge < -0.3 is 10.2 Å². The van der Waals surface area contributed by atoms with E-state index in [1.165, 1.54) is 12.8 Å². The lowest BCUT2D eigenvalue weighted by Crippen LogP contribution is -2.52. The van der Waals surface area contributed by atoms with Crippen LogP contribution in [0.5, 0.6) is 0 Å². The third-order valence-corrected chi connectivity index (χ3v) is 5.47. The molecule has 2 fully saturated rings. The van der Waals surface area contributed by atoms with E-state index in [0.29, 0.717) is 31.2 Å². The molecule has 1 saturated heterocycles. The molecule has 7 heteroatoms. The van der Waals surface area contributed by atoms with E-state index >= 15 is 0 Å². The molecule has 1 aliphatic carbocycles. The lowest BCUT2D eigenvalue weighted by Gasteiger charge is -2.35. The molecule has 1 aliphatic heterocycles. The fourth-order valence-electron chi connectivity index (χ4n) is 3.73. The largest absolute Gasteiger partial charge is 0.352 e. The number of aryl methyl sites for hydroxylation is 1. The highest BCUT2D eigenvalue weighted by molar-refractivity contribution is 5.95. The number of piperazine rings is 1. The number of hydrogen-bond acceptors (Lipinski definition) is 4. The lowest BCUT2D eigenvalue weighted by molar-refractivity contribution is -0.123. The molecule has 0 unspecified atom stereocenters. The van der Waals surface area contributed by atoms with E-state index in [9.17, 15) is 9.59 Å². The van der Waals surface area contributed by atoms with Crippen LogP contribution in [0.1, 0.15) is 48.7 Å². The zero-order valence-corrected chi connectivity index (χ0v) is 15.3. The van der Waals surface area contributed by atoms with Crippen molar-refractivity contribution in [2.45, 2.75) is 45.6 Å². The fourth-order valence-corrected chi connectivity index (χ4v) is 3.73. The molecule has 0 radical (unpaired) electrons. The molecule has 2 aliphatic rings. The van der Waals surface area contributed by atoms with E-state index in [0.717, 1.165) is 37.5 Å². The van der Waals surface area contributed by atoms with E-state index in [-0.39, 0.29) is 11.8 Å². The Balaban J connectivity index is 1.41. The van der Waals surface area contributed by atoms with E-state index < -0.39 is 0 Å². The molecule has 3 rings (SSSR count). The number of amides is 2. The number of carbonyl (C=O) groups excluding carboxylic acids is 2. The van der Waals surface area contributed by atoms with Crippen molar-refractivity contribution in [2.75, 3.05) is 32.7 Å². The minimum Gasteiger partial charge on any atom is -0.352 e. The topological polar surface area (TPSA) is 81.3 Å². The summed E-state index contributed by atoms with van der Waals surface area (Å²) in [5.41, 5.74) is 1.44. The van der Waals surface area contributed by atoms with Gasteiger partial charge in [-0.2, -0.15) is 5.10 Å². The maximum atomic E-state index is 12.5. The SMILES string of the molecule is Cc1[nH]ncc1C(=O)N1CCN(CC(=O)NC2CCC(C)CC2)CC1. The summed E-state index contributed by atoms with van der Waals surface area (Å²) in [4.78, 5) is 28.7. The van der Waals surface area contributed by atoms with Crippen molar-refractivity contribution in [2.24, 2.45) is 5.92 Å². The Hall–Kier alpha value is -1.89. The first-order chi connectivity index (χ1) is 12.0. The Morgan fingerprint density at radius 1 is 1.20 bits per heavy atom. The summed E-state index contributed by atoms with van der Waals surface area (Å²) in [5.74, 6) is 0.925. The van der Waals surface area contributed by atoms with Gasteiger partial charge in [-0.25, -0.2) is 0 Å². The van der Waals surface area contributed by atoms with Crippen LogP contribution in [-0.2, 0) is 4.79 Å². The standard InChI is InChI=1S/C18H29N5O2/c1-13-3-5-15(6-4-13)20-17(24)12-22-7-9-23(10-8-22)18(25)16-11-19-21-14(16)2/h11,13,15H,3-10,12H2,1-2H3,(H,19,21)(H,20,24). The van der Waals surface area contributed by atoms with Crippen LogP contribution >= 0.6 is 0 Å². The average molecular weight is 347 g/mol. The van der Waals surface area contributed by atoms with Gasteiger partial charge in [0, 0.05) is 37.9 Å². The fraction of sp³-hybridized carbons (Fsp3) is 0.722. The van der Waals surface area contributed by atoms with Crippen LogP contribution in [0.3, 0.4) is 0 Å². The van der Waals surface area contributed by atoms with Gasteiger partial charge in [-0.05, 0) is 38.5 Å². The molecular weight excluding hydrogens is 318 g/mol. The number of aromatic nitrogens is 2. The Labute approximate surface area is 149 Å². The highest BCUT2D eigenvalue weighted by Gasteiger charge is 2.26. The van der Waals surface area contributed by atoms with Gasteiger partial charge in [0.15, 0.2) is 0 Å². The predicted octanol–water partition coefficient (Wildman–Crippen LogP) is 1.17. The van der Waals surface area contributed by atoms with Gasteiger partial charge in [-0.3, -0.25) is 19.6 Å². The molecule has 0 bridgehead atoms. The Morgan fingerprint density at radius 3 is 2.48 bits per heavy atom. The first-order valence-electron chi connectivity index (χ1n) is 9.34. The van der Waals surface area contributed by atoms with Crippen LogP contribution in [0.2, 0.25) is 0 Å². The molecule has 1 aromatic rings. The van der Waals surface area contributed by atoms with Gasteiger partial charge in [0.25, 0.3) is 5.91 Å². The molecule has 0 aromatic carbocycles. The monoisotopic (exact) mass is 347 g/mol. The van der Waals surface area contributed by atoms with Gasteiger partial charge in [-0.15, -0.1) is 0 Å². The zero-order valence-electron chi connectivity index (χ0n) is 15.3. The van der Waals surface area contributed by atoms with E-state index in [1.807, 2.05) is 11.8 Å². The van der Waals surface area contributed by atoms with Crippen LogP contribution in [-0.4, -0.2) is 70.6 Å². The summed E-state index contributed by atoms with van der Waals surface area (Å²) in [6.45, 7) is 7.33. The van der Waals surface area contributed by atoms with Crippen LogP contribution in [0.4, 0.5) is 0 Å². The van der Waals surface area contributed by atoms with E-state index in [4.69, 9.17) is 0 Å². The maximum Gasteiger partial charge on any atom is 0.257 e. The molecular formula is C18H29N5O2. The Morgan fingerprint density at radius 2 is 1.88 bits per heavy atom. The summed E-state index contributed by atoms with van der Waals surface area (Å²) in [5, 5.41) is 9.90. The summed E-state index contributed by atoms with van der Waals surface area (Å²) in [7, 11) is 0. The third kappa shape index (κ3) is 4.60. The summed E-state index contributed by atoms with van der Waals surface area (Å²) in [6.07, 6.45) is 6.19. The normalized spacial score (nSPS) is 25.0. The van der Waals surface area contributed by atoms with Gasteiger partial charge in [0.2, 0.25) is 5.91 Å². The zero-order chi connectivity index (χ0) is 17.8. The second kappa shape index (κ2) is 7.99. The van der Waals surface area contributed by atoms with E-state index in [2.05, 4.69) is 27.3 Å². The number of nitrogens with one attached hydrogen (secondary N) is 2. The van der Waals surface area contributed by atoms with Crippen LogP contribution in [0.15, 0.2) is 6.20 Å². The molecule has 7 nitrogen and oxygen atoms in total. The van der Waals surface area contributed by atoms with Crippen molar-refractivity contribution < 1.29 is 9.59 Å². The summed E-state index contributed by atoms with van der Waals surface area (Å²) < 4.78 is 0. The predicted molar refractivity (Wildman–Crippen MR) is 95.2 cm³/mol. The lowest BCUT2D eigenvalue weighted by atomic mass is 9.87. The van der Waals surface area contributed by atoms with Crippen molar-refractivity contribution in [3.05, 3.63) is 17.5 Å². The minimum absolute atomic E-state index is 0.0201. The van der Waals surface area contributed by atoms with E-state index in [1.54, 1.807) is 6.20 Å². The molecule has 2 amide bonds. The summed E-state index contributed by atoms with van der Waals surface area (Å²) in [6, 6.07) is 0.343. The Kier molecular flexibility index (Phi) is 5.73. The molecule has 2 N–H and O–H groups in total. The van der Waals surface area contributed by atoms with Crippen molar-refractivity contribution in [1.82, 2.24) is 25.3 Å². The number of carbonyl (C=O) groups is 2. The number of nitrogens with zero attached hydrogens (tertiary/aromatic N) is 3. The van der Waals surface area contributed by atoms with Crippen molar-refractivity contribution in [3.8, 4) is 0 Å². The minimum atomic E-state index is 0.0201. The van der Waals surface area contributed by atoms with Gasteiger partial charge in [0.05, 0.1) is 18.3 Å².